The molecule has 34 heavy (non-hydrogen) atoms. The zero-order valence-electron chi connectivity index (χ0n) is 18.4. The molecule has 0 radical (unpaired) electrons. The number of carbonyl (C=O) groups excluding carboxylic acids is 1. The first-order chi connectivity index (χ1) is 16.5. The highest BCUT2D eigenvalue weighted by atomic mass is 19.1. The Kier molecular flexibility index (Phi) is 5.52. The number of carbonyl (C=O) groups is 1. The minimum Gasteiger partial charge on any atom is -0.493 e. The Morgan fingerprint density at radius 1 is 1.21 bits per heavy atom. The van der Waals surface area contributed by atoms with E-state index in [0.29, 0.717) is 36.2 Å². The molecule has 9 nitrogen and oxygen atoms in total. The Morgan fingerprint density at radius 3 is 2.76 bits per heavy atom. The van der Waals surface area contributed by atoms with Crippen molar-refractivity contribution in [2.75, 3.05) is 13.7 Å². The number of aryl methyl sites for hydroxylation is 1. The van der Waals surface area contributed by atoms with Crippen LogP contribution in [0.5, 0.6) is 5.75 Å². The van der Waals surface area contributed by atoms with E-state index < -0.39 is 23.6 Å². The number of methoxy groups -OCH3 is 1. The van der Waals surface area contributed by atoms with Crippen LogP contribution in [-0.4, -0.2) is 49.6 Å². The maximum atomic E-state index is 14.3. The van der Waals surface area contributed by atoms with Crippen molar-refractivity contribution in [1.29, 1.82) is 0 Å². The van der Waals surface area contributed by atoms with Gasteiger partial charge in [0.25, 0.3) is 5.91 Å². The topological polar surface area (TPSA) is 99.2 Å². The van der Waals surface area contributed by atoms with E-state index in [1.54, 1.807) is 17.9 Å². The highest BCUT2D eigenvalue weighted by Gasteiger charge is 2.36. The molecule has 2 aromatic carbocycles. The van der Waals surface area contributed by atoms with Crippen LogP contribution in [0.3, 0.4) is 0 Å². The fourth-order valence-corrected chi connectivity index (χ4v) is 4.29. The number of hydrogen-bond acceptors (Lipinski definition) is 7. The van der Waals surface area contributed by atoms with Crippen molar-refractivity contribution in [2.24, 2.45) is 0 Å². The van der Waals surface area contributed by atoms with Gasteiger partial charge in [-0.1, -0.05) is 11.2 Å². The first-order valence-corrected chi connectivity index (χ1v) is 10.6. The molecule has 1 fully saturated rings. The predicted octanol–water partition coefficient (Wildman–Crippen LogP) is 3.89. The molecule has 1 saturated heterocycles. The molecule has 1 amide bonds. The molecule has 3 heterocycles. The molecule has 11 heteroatoms. The van der Waals surface area contributed by atoms with Crippen LogP contribution in [0.1, 0.15) is 40.7 Å². The fraction of sp³-hybridized carbons (Fsp3) is 0.261. The minimum atomic E-state index is -0.551. The average Bonchev–Trinajstić information content (AvgIpc) is 3.59. The number of benzene rings is 2. The summed E-state index contributed by atoms with van der Waals surface area (Å²) in [7, 11) is 1.35. The lowest BCUT2D eigenvalue weighted by molar-refractivity contribution is 0.0709. The summed E-state index contributed by atoms with van der Waals surface area (Å²) in [5.74, 6) is -1.13. The smallest absolute Gasteiger partial charge is 0.256 e. The van der Waals surface area contributed by atoms with Gasteiger partial charge in [0, 0.05) is 6.54 Å². The molecule has 0 N–H and O–H groups in total. The Labute approximate surface area is 192 Å². The highest BCUT2D eigenvalue weighted by Crippen LogP contribution is 2.36. The van der Waals surface area contributed by atoms with Crippen molar-refractivity contribution in [2.45, 2.75) is 25.8 Å². The predicted molar refractivity (Wildman–Crippen MR) is 115 cm³/mol. The molecule has 0 saturated carbocycles. The third-order valence-corrected chi connectivity index (χ3v) is 5.77. The summed E-state index contributed by atoms with van der Waals surface area (Å²) in [6.45, 7) is 2.11. The quantitative estimate of drug-likeness (QED) is 0.440. The van der Waals surface area contributed by atoms with E-state index in [9.17, 15) is 13.6 Å². The van der Waals surface area contributed by atoms with E-state index in [4.69, 9.17) is 9.26 Å². The van der Waals surface area contributed by atoms with Crippen LogP contribution >= 0.6 is 0 Å². The second-order valence-electron chi connectivity index (χ2n) is 7.87. The molecular formula is C23H20F2N6O3. The molecule has 0 bridgehead atoms. The van der Waals surface area contributed by atoms with E-state index in [-0.39, 0.29) is 23.0 Å². The summed E-state index contributed by atoms with van der Waals surface area (Å²) in [6.07, 6.45) is 4.24. The monoisotopic (exact) mass is 466 g/mol. The minimum absolute atomic E-state index is 0.000745. The van der Waals surface area contributed by atoms with Gasteiger partial charge in [0.2, 0.25) is 11.7 Å². The standard InChI is InChI=1S/C23H20F2N6O3/c1-13-11-14(24)12-16(19(13)31-26-8-9-27-31)23(32)30-10-4-7-18(30)22-28-21(29-34-22)15-5-3-6-17(25)20(15)33-2/h3,5-6,8-9,11-12,18H,4,7,10H2,1-2H3. The number of hydrogen-bond donors (Lipinski definition) is 0. The fourth-order valence-electron chi connectivity index (χ4n) is 4.29. The lowest BCUT2D eigenvalue weighted by Gasteiger charge is -2.23. The summed E-state index contributed by atoms with van der Waals surface area (Å²) in [5, 5.41) is 12.2. The van der Waals surface area contributed by atoms with Crippen LogP contribution < -0.4 is 4.74 Å². The summed E-state index contributed by atoms with van der Waals surface area (Å²) in [6, 6.07) is 6.40. The number of para-hydroxylation sites is 1. The Bertz CT molecular complexity index is 1360. The van der Waals surface area contributed by atoms with Gasteiger partial charge in [0.15, 0.2) is 11.6 Å². The van der Waals surface area contributed by atoms with Gasteiger partial charge in [0.05, 0.1) is 30.6 Å². The van der Waals surface area contributed by atoms with Crippen LogP contribution in [0.4, 0.5) is 8.78 Å². The van der Waals surface area contributed by atoms with E-state index in [2.05, 4.69) is 20.3 Å². The van der Waals surface area contributed by atoms with Crippen molar-refractivity contribution in [3.63, 3.8) is 0 Å². The van der Waals surface area contributed by atoms with Gasteiger partial charge < -0.3 is 14.2 Å². The molecule has 0 aliphatic carbocycles. The first kappa shape index (κ1) is 21.7. The number of amides is 1. The second-order valence-corrected chi connectivity index (χ2v) is 7.87. The zero-order valence-corrected chi connectivity index (χ0v) is 18.4. The van der Waals surface area contributed by atoms with Gasteiger partial charge in [-0.05, 0) is 49.6 Å². The maximum absolute atomic E-state index is 14.3. The summed E-state index contributed by atoms with van der Waals surface area (Å²) < 4.78 is 39.0. The van der Waals surface area contributed by atoms with Gasteiger partial charge in [-0.3, -0.25) is 4.79 Å². The number of likely N-dealkylation sites (tertiary alicyclic amines) is 1. The van der Waals surface area contributed by atoms with Crippen LogP contribution in [0.2, 0.25) is 0 Å². The van der Waals surface area contributed by atoms with Crippen LogP contribution in [0, 0.1) is 18.6 Å². The van der Waals surface area contributed by atoms with Gasteiger partial charge in [-0.15, -0.1) is 0 Å². The molecule has 1 aliphatic rings. The Balaban J connectivity index is 1.50. The molecule has 1 aliphatic heterocycles. The van der Waals surface area contributed by atoms with Crippen molar-refractivity contribution in [3.05, 3.63) is 71.4 Å². The molecule has 5 rings (SSSR count). The van der Waals surface area contributed by atoms with Gasteiger partial charge >= 0.3 is 0 Å². The SMILES string of the molecule is COc1c(F)cccc1-c1noc(C2CCCN2C(=O)c2cc(F)cc(C)c2-n2nccn2)n1. The number of aromatic nitrogens is 5. The number of ether oxygens (including phenoxy) is 1. The Hall–Kier alpha value is -4.15. The molecule has 174 valence electrons. The van der Waals surface area contributed by atoms with Gasteiger partial charge in [-0.25, -0.2) is 8.78 Å². The van der Waals surface area contributed by atoms with E-state index in [0.717, 1.165) is 0 Å². The largest absolute Gasteiger partial charge is 0.493 e. The molecule has 1 unspecified atom stereocenters. The third kappa shape index (κ3) is 3.68. The van der Waals surface area contributed by atoms with Crippen molar-refractivity contribution < 1.29 is 22.8 Å². The normalized spacial score (nSPS) is 15.6. The Morgan fingerprint density at radius 2 is 2.00 bits per heavy atom. The second kappa shape index (κ2) is 8.65. The molecule has 2 aromatic heterocycles. The van der Waals surface area contributed by atoms with Crippen LogP contribution in [0.15, 0.2) is 47.2 Å². The van der Waals surface area contributed by atoms with E-state index >= 15 is 0 Å². The number of rotatable bonds is 5. The number of nitrogens with zero attached hydrogens (tertiary/aromatic N) is 6. The highest BCUT2D eigenvalue weighted by molar-refractivity contribution is 5.98. The molecule has 0 spiro atoms. The van der Waals surface area contributed by atoms with Crippen molar-refractivity contribution in [1.82, 2.24) is 30.0 Å². The van der Waals surface area contributed by atoms with Crippen LogP contribution in [-0.2, 0) is 0 Å². The first-order valence-electron chi connectivity index (χ1n) is 10.6. The van der Waals surface area contributed by atoms with Gasteiger partial charge in [-0.2, -0.15) is 20.0 Å². The summed E-state index contributed by atoms with van der Waals surface area (Å²) >= 11 is 0. The van der Waals surface area contributed by atoms with E-state index in [1.165, 1.54) is 48.6 Å². The number of halogens is 2. The molecular weight excluding hydrogens is 446 g/mol. The lowest BCUT2D eigenvalue weighted by atomic mass is 10.1. The van der Waals surface area contributed by atoms with Crippen molar-refractivity contribution in [3.8, 4) is 22.8 Å². The van der Waals surface area contributed by atoms with E-state index in [1.807, 2.05) is 0 Å². The summed E-state index contributed by atoms with van der Waals surface area (Å²) in [5.41, 5.74) is 1.39. The lowest BCUT2D eigenvalue weighted by Crippen LogP contribution is -2.32. The zero-order chi connectivity index (χ0) is 23.8. The molecule has 1 atom stereocenters. The van der Waals surface area contributed by atoms with Gasteiger partial charge in [0.1, 0.15) is 17.5 Å². The third-order valence-electron chi connectivity index (χ3n) is 5.77. The van der Waals surface area contributed by atoms with Crippen LogP contribution in [0.25, 0.3) is 17.1 Å². The average molecular weight is 466 g/mol. The molecule has 4 aromatic rings. The van der Waals surface area contributed by atoms with Crippen molar-refractivity contribution >= 4 is 5.91 Å². The maximum Gasteiger partial charge on any atom is 0.256 e. The summed E-state index contributed by atoms with van der Waals surface area (Å²) in [4.78, 5) is 20.9.